The second-order valence-electron chi connectivity index (χ2n) is 11.7. The predicted molar refractivity (Wildman–Crippen MR) is 122 cm³/mol. The number of carbonyl (C=O) groups excluding carboxylic acids is 5. The number of phenolic OH excluding ortho intramolecular Hbond substituents is 1. The van der Waals surface area contributed by atoms with Gasteiger partial charge in [-0.05, 0) is 47.3 Å². The first-order valence-electron chi connectivity index (χ1n) is 11.9. The van der Waals surface area contributed by atoms with E-state index in [1.54, 1.807) is 26.8 Å². The zero-order valence-corrected chi connectivity index (χ0v) is 20.3. The van der Waals surface area contributed by atoms with Crippen LogP contribution in [0.3, 0.4) is 0 Å². The average molecular weight is 469 g/mol. The van der Waals surface area contributed by atoms with E-state index in [0.29, 0.717) is 12.0 Å². The molecular formula is C27H32O7. The Hall–Kier alpha value is -2.67. The molecule has 1 aromatic rings. The summed E-state index contributed by atoms with van der Waals surface area (Å²) in [5.41, 5.74) is -1.37. The number of aliphatic hydroxyl groups is 1. The minimum atomic E-state index is -2.55. The molecule has 3 aliphatic carbocycles. The van der Waals surface area contributed by atoms with Crippen molar-refractivity contribution in [1.82, 2.24) is 0 Å². The maximum Gasteiger partial charge on any atom is 0.190 e. The van der Waals surface area contributed by atoms with Gasteiger partial charge < -0.3 is 10.2 Å². The number of aromatic hydroxyl groups is 1. The van der Waals surface area contributed by atoms with Gasteiger partial charge in [-0.15, -0.1) is 0 Å². The molecule has 182 valence electrons. The van der Waals surface area contributed by atoms with E-state index in [-0.39, 0.29) is 36.5 Å². The second-order valence-corrected chi connectivity index (χ2v) is 11.7. The van der Waals surface area contributed by atoms with Gasteiger partial charge in [0.05, 0.1) is 11.5 Å². The first kappa shape index (κ1) is 24.5. The number of ketones is 5. The van der Waals surface area contributed by atoms with Crippen molar-refractivity contribution in [1.29, 1.82) is 0 Å². The molecule has 0 bridgehead atoms. The van der Waals surface area contributed by atoms with Crippen LogP contribution in [0.25, 0.3) is 0 Å². The van der Waals surface area contributed by atoms with Crippen molar-refractivity contribution in [3.8, 4) is 5.75 Å². The van der Waals surface area contributed by atoms with Crippen molar-refractivity contribution >= 4 is 28.9 Å². The minimum Gasteiger partial charge on any atom is -0.507 e. The Bertz CT molecular complexity index is 1120. The summed E-state index contributed by atoms with van der Waals surface area (Å²) in [6, 6.07) is 3.20. The number of rotatable bonds is 3. The van der Waals surface area contributed by atoms with Gasteiger partial charge >= 0.3 is 0 Å². The molecule has 0 radical (unpaired) electrons. The zero-order valence-electron chi connectivity index (χ0n) is 20.3. The highest BCUT2D eigenvalue weighted by Crippen LogP contribution is 2.51. The van der Waals surface area contributed by atoms with Crippen LogP contribution in [0.2, 0.25) is 0 Å². The van der Waals surface area contributed by atoms with Gasteiger partial charge in [-0.1, -0.05) is 40.7 Å². The summed E-state index contributed by atoms with van der Waals surface area (Å²) in [4.78, 5) is 66.3. The number of phenols is 1. The fraction of sp³-hybridized carbons (Fsp3) is 0.593. The van der Waals surface area contributed by atoms with Crippen molar-refractivity contribution in [2.24, 2.45) is 29.1 Å². The summed E-state index contributed by atoms with van der Waals surface area (Å²) in [5.74, 6) is -8.39. The SMILES string of the molecule is CC(C)c1ccc(O)c2c1C[C@H]1C[C@H]3CC(=O)C(C(=O)CC(C)(C)C)C(=O)[C@@]3(O)C(=O)C1C2=O. The third-order valence-corrected chi connectivity index (χ3v) is 7.69. The molecule has 1 aromatic carbocycles. The standard InChI is InChI=1S/C27H32O7/c1-12(2)15-6-7-17(28)21-16(15)9-13-8-14-10-18(29)22(19(30)11-26(3,4)5)25(33)27(14,34)24(32)20(13)23(21)31/h6-7,12-14,20,22,28,34H,8-11H2,1-5H3/t13-,14+,20?,22?,27+/m1/s1. The number of carbonyl (C=O) groups is 5. The first-order valence-corrected chi connectivity index (χ1v) is 11.9. The van der Waals surface area contributed by atoms with Gasteiger partial charge in [0.25, 0.3) is 0 Å². The second kappa shape index (κ2) is 7.94. The van der Waals surface area contributed by atoms with Crippen LogP contribution in [0.15, 0.2) is 12.1 Å². The average Bonchev–Trinajstić information content (AvgIpc) is 2.69. The third-order valence-electron chi connectivity index (χ3n) is 7.69. The molecule has 3 aliphatic rings. The van der Waals surface area contributed by atoms with Crippen LogP contribution in [0.1, 0.15) is 81.3 Å². The largest absolute Gasteiger partial charge is 0.507 e. The molecule has 7 heteroatoms. The monoisotopic (exact) mass is 468 g/mol. The lowest BCUT2D eigenvalue weighted by Gasteiger charge is -2.49. The number of hydrogen-bond acceptors (Lipinski definition) is 7. The Morgan fingerprint density at radius 1 is 1.09 bits per heavy atom. The van der Waals surface area contributed by atoms with Crippen LogP contribution in [0.4, 0.5) is 0 Å². The van der Waals surface area contributed by atoms with Crippen molar-refractivity contribution < 1.29 is 34.2 Å². The lowest BCUT2D eigenvalue weighted by atomic mass is 9.53. The van der Waals surface area contributed by atoms with Gasteiger partial charge in [0.2, 0.25) is 0 Å². The maximum absolute atomic E-state index is 13.6. The molecule has 4 rings (SSSR count). The van der Waals surface area contributed by atoms with E-state index in [9.17, 15) is 34.2 Å². The summed E-state index contributed by atoms with van der Waals surface area (Å²) in [5, 5.41) is 21.9. The van der Waals surface area contributed by atoms with Gasteiger partial charge in [-0.2, -0.15) is 0 Å². The molecule has 0 aliphatic heterocycles. The lowest BCUT2D eigenvalue weighted by molar-refractivity contribution is -0.175. The molecule has 5 atom stereocenters. The summed E-state index contributed by atoms with van der Waals surface area (Å²) >= 11 is 0. The smallest absolute Gasteiger partial charge is 0.190 e. The van der Waals surface area contributed by atoms with E-state index in [4.69, 9.17) is 0 Å². The topological polar surface area (TPSA) is 126 Å². The molecule has 2 fully saturated rings. The fourth-order valence-corrected chi connectivity index (χ4v) is 6.19. The molecule has 34 heavy (non-hydrogen) atoms. The van der Waals surface area contributed by atoms with Gasteiger partial charge in [-0.25, -0.2) is 0 Å². The van der Waals surface area contributed by atoms with E-state index < -0.39 is 63.6 Å². The third kappa shape index (κ3) is 3.56. The molecule has 2 unspecified atom stereocenters. The summed E-state index contributed by atoms with van der Waals surface area (Å²) in [6.07, 6.45) is 0.174. The Balaban J connectivity index is 1.75. The quantitative estimate of drug-likeness (QED) is 0.653. The molecule has 7 nitrogen and oxygen atoms in total. The molecule has 2 saturated carbocycles. The highest BCUT2D eigenvalue weighted by Gasteiger charge is 2.66. The van der Waals surface area contributed by atoms with Crippen LogP contribution in [-0.4, -0.2) is 44.7 Å². The Morgan fingerprint density at radius 3 is 2.32 bits per heavy atom. The number of Topliss-reactive ketones (excluding diaryl/α,β-unsaturated/α-hetero) is 5. The first-order chi connectivity index (χ1) is 15.7. The lowest BCUT2D eigenvalue weighted by Crippen LogP contribution is -2.68. The van der Waals surface area contributed by atoms with Crippen molar-refractivity contribution in [2.75, 3.05) is 0 Å². The molecule has 2 N–H and O–H groups in total. The van der Waals surface area contributed by atoms with Crippen molar-refractivity contribution in [2.45, 2.75) is 71.8 Å². The molecule has 0 amide bonds. The van der Waals surface area contributed by atoms with Gasteiger partial charge in [0, 0.05) is 18.8 Å². The van der Waals surface area contributed by atoms with Crippen LogP contribution in [0.5, 0.6) is 5.75 Å². The summed E-state index contributed by atoms with van der Waals surface area (Å²) in [7, 11) is 0. The summed E-state index contributed by atoms with van der Waals surface area (Å²) in [6.45, 7) is 9.34. The molecule has 0 aromatic heterocycles. The van der Waals surface area contributed by atoms with E-state index in [1.807, 2.05) is 13.8 Å². The normalized spacial score (nSPS) is 31.3. The van der Waals surface area contributed by atoms with E-state index in [1.165, 1.54) is 6.07 Å². The molecule has 0 heterocycles. The van der Waals surface area contributed by atoms with E-state index in [2.05, 4.69) is 0 Å². The zero-order chi connectivity index (χ0) is 25.3. The van der Waals surface area contributed by atoms with Crippen LogP contribution in [0, 0.1) is 29.1 Å². The number of hydrogen-bond donors (Lipinski definition) is 2. The van der Waals surface area contributed by atoms with Crippen LogP contribution < -0.4 is 0 Å². The summed E-state index contributed by atoms with van der Waals surface area (Å²) < 4.78 is 0. The maximum atomic E-state index is 13.6. The van der Waals surface area contributed by atoms with E-state index in [0.717, 1.165) is 5.56 Å². The Labute approximate surface area is 198 Å². The fourth-order valence-electron chi connectivity index (χ4n) is 6.19. The minimum absolute atomic E-state index is 0.0473. The molecule has 0 saturated heterocycles. The van der Waals surface area contributed by atoms with Crippen molar-refractivity contribution in [3.05, 3.63) is 28.8 Å². The van der Waals surface area contributed by atoms with E-state index >= 15 is 0 Å². The number of fused-ring (bicyclic) bond motifs is 3. The predicted octanol–water partition coefficient (Wildman–Crippen LogP) is 2.97. The Morgan fingerprint density at radius 2 is 1.74 bits per heavy atom. The highest BCUT2D eigenvalue weighted by molar-refractivity contribution is 6.31. The van der Waals surface area contributed by atoms with Crippen LogP contribution >= 0.6 is 0 Å². The van der Waals surface area contributed by atoms with Gasteiger partial charge in [0.15, 0.2) is 34.5 Å². The van der Waals surface area contributed by atoms with Crippen LogP contribution in [-0.2, 0) is 25.6 Å². The molecular weight excluding hydrogens is 436 g/mol. The number of benzene rings is 1. The van der Waals surface area contributed by atoms with Gasteiger partial charge in [-0.3, -0.25) is 24.0 Å². The molecule has 0 spiro atoms. The Kier molecular flexibility index (Phi) is 5.71. The van der Waals surface area contributed by atoms with Gasteiger partial charge in [0.1, 0.15) is 11.7 Å². The van der Waals surface area contributed by atoms with Crippen molar-refractivity contribution in [3.63, 3.8) is 0 Å². The highest BCUT2D eigenvalue weighted by atomic mass is 16.3.